The van der Waals surface area contributed by atoms with E-state index in [2.05, 4.69) is 11.7 Å². The first-order chi connectivity index (χ1) is 7.25. The fourth-order valence-corrected chi connectivity index (χ4v) is 1.42. The standard InChI is InChI=1S/C11H16N2O2/c1-2-3-4-5-6-9-13-10(11(14)15)7-8-12-13/h2,7-8H,1,3-6,9H2,(H,14,15). The van der Waals surface area contributed by atoms with Gasteiger partial charge in [0.05, 0.1) is 0 Å². The number of hydrogen-bond donors (Lipinski definition) is 1. The van der Waals surface area contributed by atoms with E-state index in [0.717, 1.165) is 25.7 Å². The molecule has 82 valence electrons. The molecule has 0 saturated carbocycles. The number of unbranched alkanes of at least 4 members (excludes halogenated alkanes) is 3. The summed E-state index contributed by atoms with van der Waals surface area (Å²) in [5.41, 5.74) is 0.263. The zero-order chi connectivity index (χ0) is 11.1. The predicted molar refractivity (Wildman–Crippen MR) is 57.9 cm³/mol. The van der Waals surface area contributed by atoms with Gasteiger partial charge in [0.2, 0.25) is 0 Å². The zero-order valence-corrected chi connectivity index (χ0v) is 8.72. The number of aromatic nitrogens is 2. The van der Waals surface area contributed by atoms with Crippen LogP contribution in [0.5, 0.6) is 0 Å². The third-order valence-electron chi connectivity index (χ3n) is 2.21. The Kier molecular flexibility index (Phi) is 4.60. The van der Waals surface area contributed by atoms with Gasteiger partial charge < -0.3 is 5.11 Å². The summed E-state index contributed by atoms with van der Waals surface area (Å²) < 4.78 is 1.54. The highest BCUT2D eigenvalue weighted by Gasteiger charge is 2.08. The molecule has 0 unspecified atom stereocenters. The van der Waals surface area contributed by atoms with Crippen LogP contribution in [0.3, 0.4) is 0 Å². The van der Waals surface area contributed by atoms with Crippen molar-refractivity contribution in [3.8, 4) is 0 Å². The van der Waals surface area contributed by atoms with E-state index in [1.54, 1.807) is 0 Å². The molecule has 1 aromatic rings. The molecule has 0 aliphatic heterocycles. The van der Waals surface area contributed by atoms with Crippen molar-refractivity contribution in [3.63, 3.8) is 0 Å². The molecule has 1 heterocycles. The molecular formula is C11H16N2O2. The topological polar surface area (TPSA) is 55.1 Å². The molecule has 4 heteroatoms. The van der Waals surface area contributed by atoms with Gasteiger partial charge in [0.25, 0.3) is 0 Å². The first-order valence-electron chi connectivity index (χ1n) is 5.11. The second-order valence-corrected chi connectivity index (χ2v) is 3.38. The molecule has 0 aliphatic rings. The summed E-state index contributed by atoms with van der Waals surface area (Å²) in [6.45, 7) is 4.32. The molecule has 1 aromatic heterocycles. The van der Waals surface area contributed by atoms with E-state index in [4.69, 9.17) is 5.11 Å². The van der Waals surface area contributed by atoms with Crippen LogP contribution < -0.4 is 0 Å². The van der Waals surface area contributed by atoms with Crippen molar-refractivity contribution in [1.29, 1.82) is 0 Å². The smallest absolute Gasteiger partial charge is 0.354 e. The number of aryl methyl sites for hydroxylation is 1. The Morgan fingerprint density at radius 3 is 3.00 bits per heavy atom. The van der Waals surface area contributed by atoms with Gasteiger partial charge in [-0.2, -0.15) is 5.10 Å². The molecule has 15 heavy (non-hydrogen) atoms. The Labute approximate surface area is 89.2 Å². The monoisotopic (exact) mass is 208 g/mol. The van der Waals surface area contributed by atoms with E-state index in [9.17, 15) is 4.79 Å². The number of aromatic carboxylic acids is 1. The number of allylic oxidation sites excluding steroid dienone is 1. The van der Waals surface area contributed by atoms with Crippen LogP contribution in [0.25, 0.3) is 0 Å². The SMILES string of the molecule is C=CCCCCCn1nccc1C(=O)O. The van der Waals surface area contributed by atoms with Gasteiger partial charge in [0, 0.05) is 12.7 Å². The lowest BCUT2D eigenvalue weighted by atomic mass is 10.2. The quantitative estimate of drug-likeness (QED) is 0.552. The molecule has 0 atom stereocenters. The van der Waals surface area contributed by atoms with E-state index in [-0.39, 0.29) is 5.69 Å². The molecule has 0 aliphatic carbocycles. The van der Waals surface area contributed by atoms with Crippen LogP contribution in [0, 0.1) is 0 Å². The summed E-state index contributed by atoms with van der Waals surface area (Å²) in [7, 11) is 0. The van der Waals surface area contributed by atoms with E-state index >= 15 is 0 Å². The Hall–Kier alpha value is -1.58. The molecule has 1 N–H and O–H groups in total. The highest BCUT2D eigenvalue weighted by Crippen LogP contribution is 2.05. The third kappa shape index (κ3) is 3.58. The van der Waals surface area contributed by atoms with Gasteiger partial charge >= 0.3 is 5.97 Å². The van der Waals surface area contributed by atoms with Gasteiger partial charge in [-0.3, -0.25) is 4.68 Å². The Morgan fingerprint density at radius 1 is 1.53 bits per heavy atom. The summed E-state index contributed by atoms with van der Waals surface area (Å²) in [5, 5.41) is 12.8. The maximum atomic E-state index is 10.7. The molecule has 0 amide bonds. The number of hydrogen-bond acceptors (Lipinski definition) is 2. The normalized spacial score (nSPS) is 10.1. The van der Waals surface area contributed by atoms with Crippen LogP contribution >= 0.6 is 0 Å². The lowest BCUT2D eigenvalue weighted by Gasteiger charge is -2.03. The first kappa shape index (κ1) is 11.5. The Balaban J connectivity index is 2.34. The molecule has 0 spiro atoms. The van der Waals surface area contributed by atoms with Gasteiger partial charge in [-0.25, -0.2) is 4.79 Å². The minimum Gasteiger partial charge on any atom is -0.477 e. The minimum absolute atomic E-state index is 0.263. The second-order valence-electron chi connectivity index (χ2n) is 3.38. The highest BCUT2D eigenvalue weighted by atomic mass is 16.4. The third-order valence-corrected chi connectivity index (χ3v) is 2.21. The van der Waals surface area contributed by atoms with Gasteiger partial charge in [0.1, 0.15) is 5.69 Å². The zero-order valence-electron chi connectivity index (χ0n) is 8.72. The van der Waals surface area contributed by atoms with Gasteiger partial charge in [-0.1, -0.05) is 12.5 Å². The number of carbonyl (C=O) groups is 1. The summed E-state index contributed by atoms with van der Waals surface area (Å²) in [6, 6.07) is 1.52. The van der Waals surface area contributed by atoms with Crippen molar-refractivity contribution in [3.05, 3.63) is 30.6 Å². The van der Waals surface area contributed by atoms with Gasteiger partial charge in [-0.15, -0.1) is 6.58 Å². The number of carboxylic acids is 1. The van der Waals surface area contributed by atoms with Gasteiger partial charge in [-0.05, 0) is 25.3 Å². The van der Waals surface area contributed by atoms with Crippen LogP contribution in [0.2, 0.25) is 0 Å². The van der Waals surface area contributed by atoms with Crippen LogP contribution in [0.1, 0.15) is 36.2 Å². The van der Waals surface area contributed by atoms with Crippen LogP contribution in [0.15, 0.2) is 24.9 Å². The predicted octanol–water partition coefficient (Wildman–Crippen LogP) is 2.33. The molecule has 0 saturated heterocycles. The number of carboxylic acid groups (broad SMARTS) is 1. The maximum Gasteiger partial charge on any atom is 0.354 e. The summed E-state index contributed by atoms with van der Waals surface area (Å²) in [4.78, 5) is 10.7. The molecule has 0 fully saturated rings. The van der Waals surface area contributed by atoms with Crippen molar-refractivity contribution in [2.24, 2.45) is 0 Å². The molecule has 0 aromatic carbocycles. The average molecular weight is 208 g/mol. The van der Waals surface area contributed by atoms with E-state index in [1.807, 2.05) is 6.08 Å². The van der Waals surface area contributed by atoms with Crippen molar-refractivity contribution in [2.45, 2.75) is 32.2 Å². The Bertz CT molecular complexity index is 331. The fourth-order valence-electron chi connectivity index (χ4n) is 1.42. The van der Waals surface area contributed by atoms with E-state index in [0.29, 0.717) is 6.54 Å². The van der Waals surface area contributed by atoms with Crippen molar-refractivity contribution in [1.82, 2.24) is 9.78 Å². The van der Waals surface area contributed by atoms with E-state index < -0.39 is 5.97 Å². The highest BCUT2D eigenvalue weighted by molar-refractivity contribution is 5.85. The van der Waals surface area contributed by atoms with Crippen LogP contribution in [0.4, 0.5) is 0 Å². The number of nitrogens with zero attached hydrogens (tertiary/aromatic N) is 2. The van der Waals surface area contributed by atoms with Crippen LogP contribution in [-0.4, -0.2) is 20.9 Å². The van der Waals surface area contributed by atoms with Crippen molar-refractivity contribution >= 4 is 5.97 Å². The maximum absolute atomic E-state index is 10.7. The first-order valence-corrected chi connectivity index (χ1v) is 5.11. The van der Waals surface area contributed by atoms with Crippen molar-refractivity contribution in [2.75, 3.05) is 0 Å². The lowest BCUT2D eigenvalue weighted by molar-refractivity contribution is 0.0683. The Morgan fingerprint density at radius 2 is 2.33 bits per heavy atom. The fraction of sp³-hybridized carbons (Fsp3) is 0.455. The second kappa shape index (κ2) is 6.01. The average Bonchev–Trinajstić information content (AvgIpc) is 2.66. The minimum atomic E-state index is -0.918. The molecule has 0 radical (unpaired) electrons. The molecule has 0 bridgehead atoms. The number of rotatable bonds is 7. The summed E-state index contributed by atoms with van der Waals surface area (Å²) in [5.74, 6) is -0.918. The summed E-state index contributed by atoms with van der Waals surface area (Å²) in [6.07, 6.45) is 7.57. The van der Waals surface area contributed by atoms with Crippen LogP contribution in [-0.2, 0) is 6.54 Å². The largest absolute Gasteiger partial charge is 0.477 e. The van der Waals surface area contributed by atoms with E-state index in [1.165, 1.54) is 16.9 Å². The molecule has 4 nitrogen and oxygen atoms in total. The summed E-state index contributed by atoms with van der Waals surface area (Å²) >= 11 is 0. The molecule has 1 rings (SSSR count). The molecular weight excluding hydrogens is 192 g/mol. The van der Waals surface area contributed by atoms with Gasteiger partial charge in [0.15, 0.2) is 0 Å². The lowest BCUT2D eigenvalue weighted by Crippen LogP contribution is -2.09. The van der Waals surface area contributed by atoms with Crippen molar-refractivity contribution < 1.29 is 9.90 Å².